The van der Waals surface area contributed by atoms with Crippen molar-refractivity contribution in [3.63, 3.8) is 0 Å². The molecule has 174 valence electrons. The van der Waals surface area contributed by atoms with Crippen molar-refractivity contribution < 1.29 is 32.7 Å². The highest BCUT2D eigenvalue weighted by Crippen LogP contribution is 2.32. The third-order valence-electron chi connectivity index (χ3n) is 4.39. The van der Waals surface area contributed by atoms with Crippen molar-refractivity contribution in [1.82, 2.24) is 15.1 Å². The van der Waals surface area contributed by atoms with Crippen LogP contribution in [-0.2, 0) is 11.0 Å². The molecule has 0 bridgehead atoms. The fraction of sp³-hybridized carbons (Fsp3) is 0.421. The van der Waals surface area contributed by atoms with Gasteiger partial charge in [0.1, 0.15) is 0 Å². The second-order valence-electron chi connectivity index (χ2n) is 6.73. The first-order valence-electron chi connectivity index (χ1n) is 9.60. The van der Waals surface area contributed by atoms with Gasteiger partial charge in [-0.05, 0) is 18.6 Å². The van der Waals surface area contributed by atoms with Crippen molar-refractivity contribution in [2.45, 2.75) is 25.9 Å². The molecule has 1 aromatic heterocycles. The van der Waals surface area contributed by atoms with E-state index in [-0.39, 0.29) is 29.6 Å². The number of aromatic nitrogens is 2. The van der Waals surface area contributed by atoms with E-state index >= 15 is 0 Å². The van der Waals surface area contributed by atoms with Crippen molar-refractivity contribution in [3.05, 3.63) is 40.4 Å². The number of nitrogens with zero attached hydrogens (tertiary/aromatic N) is 4. The Hall–Kier alpha value is -3.22. The molecule has 13 heteroatoms. The lowest BCUT2D eigenvalue weighted by Crippen LogP contribution is -2.49. The van der Waals surface area contributed by atoms with Gasteiger partial charge < -0.3 is 20.6 Å². The van der Waals surface area contributed by atoms with Gasteiger partial charge in [-0.2, -0.15) is 13.2 Å². The number of hydrogen-bond acceptors (Lipinski definition) is 7. The van der Waals surface area contributed by atoms with E-state index in [0.29, 0.717) is 24.6 Å². The number of carbonyl (C=O) groups is 3. The molecule has 32 heavy (non-hydrogen) atoms. The number of anilines is 1. The van der Waals surface area contributed by atoms with Crippen LogP contribution in [0.2, 0.25) is 0 Å². The molecule has 0 spiro atoms. The minimum atomic E-state index is -4.60. The number of alkyl halides is 3. The lowest BCUT2D eigenvalue weighted by molar-refractivity contribution is -0.138. The highest BCUT2D eigenvalue weighted by molar-refractivity contribution is 7.17. The third kappa shape index (κ3) is 6.64. The largest absolute Gasteiger partial charge is 0.476 e. The Morgan fingerprint density at radius 3 is 2.22 bits per heavy atom. The number of hydrogen-bond donors (Lipinski definition) is 2. The average molecular weight is 473 g/mol. The molecule has 0 saturated carbocycles. The Kier molecular flexibility index (Phi) is 8.52. The van der Waals surface area contributed by atoms with Crippen LogP contribution < -0.4 is 10.6 Å². The van der Waals surface area contributed by atoms with Crippen LogP contribution in [0.3, 0.4) is 0 Å². The summed E-state index contributed by atoms with van der Waals surface area (Å²) < 4.78 is 39.3. The summed E-state index contributed by atoms with van der Waals surface area (Å²) in [7, 11) is 0. The van der Waals surface area contributed by atoms with E-state index in [0.717, 1.165) is 23.8 Å². The molecule has 2 heterocycles. The second kappa shape index (κ2) is 10.9. The second-order valence-corrected chi connectivity index (χ2v) is 7.69. The van der Waals surface area contributed by atoms with E-state index in [2.05, 4.69) is 10.2 Å². The Morgan fingerprint density at radius 2 is 1.75 bits per heavy atom. The zero-order valence-electron chi connectivity index (χ0n) is 17.1. The number of piperazine rings is 1. The van der Waals surface area contributed by atoms with Crippen LogP contribution in [0.15, 0.2) is 24.3 Å². The summed E-state index contributed by atoms with van der Waals surface area (Å²) in [5, 5.41) is 16.5. The van der Waals surface area contributed by atoms with E-state index in [4.69, 9.17) is 10.8 Å². The molecule has 3 rings (SSSR count). The maximum atomic E-state index is 13.1. The zero-order valence-corrected chi connectivity index (χ0v) is 17.9. The summed E-state index contributed by atoms with van der Waals surface area (Å²) in [4.78, 5) is 36.3. The predicted octanol–water partition coefficient (Wildman–Crippen LogP) is 2.49. The van der Waals surface area contributed by atoms with Crippen LogP contribution in [0.4, 0.5) is 18.3 Å². The van der Waals surface area contributed by atoms with Crippen LogP contribution >= 0.6 is 11.3 Å². The topological polar surface area (TPSA) is 130 Å². The Balaban J connectivity index is 0.000000534. The van der Waals surface area contributed by atoms with Gasteiger partial charge in [0, 0.05) is 32.6 Å². The molecule has 2 amide bonds. The number of amides is 2. The fourth-order valence-electron chi connectivity index (χ4n) is 2.86. The first-order valence-corrected chi connectivity index (χ1v) is 10.4. The molecule has 3 N–H and O–H groups in total. The highest BCUT2D eigenvalue weighted by atomic mass is 32.1. The summed E-state index contributed by atoms with van der Waals surface area (Å²) in [6.07, 6.45) is -3.23. The van der Waals surface area contributed by atoms with Gasteiger partial charge in [-0.25, -0.2) is 4.79 Å². The van der Waals surface area contributed by atoms with Gasteiger partial charge in [-0.3, -0.25) is 9.59 Å². The summed E-state index contributed by atoms with van der Waals surface area (Å²) in [5.74, 6) is -2.06. The maximum Gasteiger partial charge on any atom is 0.417 e. The number of primary amides is 1. The molecule has 0 radical (unpaired) electrons. The molecule has 9 nitrogen and oxygen atoms in total. The van der Waals surface area contributed by atoms with E-state index in [1.807, 2.05) is 6.92 Å². The monoisotopic (exact) mass is 473 g/mol. The molecule has 0 atom stereocenters. The number of carbonyl (C=O) groups excluding carboxylic acids is 2. The summed E-state index contributed by atoms with van der Waals surface area (Å²) >= 11 is 0.911. The van der Waals surface area contributed by atoms with Crippen LogP contribution in [0, 0.1) is 0 Å². The molecule has 1 saturated heterocycles. The lowest BCUT2D eigenvalue weighted by Gasteiger charge is -2.34. The number of rotatable bonds is 5. The average Bonchev–Trinajstić information content (AvgIpc) is 3.24. The highest BCUT2D eigenvalue weighted by Gasteiger charge is 2.36. The van der Waals surface area contributed by atoms with Gasteiger partial charge >= 0.3 is 12.1 Å². The van der Waals surface area contributed by atoms with Crippen LogP contribution in [-0.4, -0.2) is 64.2 Å². The maximum absolute atomic E-state index is 13.1. The first kappa shape index (κ1) is 25.0. The van der Waals surface area contributed by atoms with Crippen LogP contribution in [0.1, 0.15) is 45.5 Å². The molecular weight excluding hydrogens is 451 g/mol. The van der Waals surface area contributed by atoms with E-state index < -0.39 is 23.6 Å². The van der Waals surface area contributed by atoms with Crippen LogP contribution in [0.5, 0.6) is 0 Å². The van der Waals surface area contributed by atoms with Crippen molar-refractivity contribution in [3.8, 4) is 0 Å². The number of carboxylic acids is 1. The summed E-state index contributed by atoms with van der Waals surface area (Å²) in [6.45, 7) is 2.98. The van der Waals surface area contributed by atoms with Crippen molar-refractivity contribution >= 4 is 34.3 Å². The van der Waals surface area contributed by atoms with Crippen LogP contribution in [0.25, 0.3) is 0 Å². The fourth-order valence-corrected chi connectivity index (χ4v) is 3.60. The van der Waals surface area contributed by atoms with E-state index in [1.165, 1.54) is 23.1 Å². The normalized spacial score (nSPS) is 13.9. The third-order valence-corrected chi connectivity index (χ3v) is 5.37. The van der Waals surface area contributed by atoms with E-state index in [1.54, 1.807) is 4.90 Å². The number of carboxylic acid groups (broad SMARTS) is 1. The number of aromatic carboxylic acids is 1. The van der Waals surface area contributed by atoms with Gasteiger partial charge in [0.05, 0.1) is 11.1 Å². The van der Waals surface area contributed by atoms with E-state index in [9.17, 15) is 27.6 Å². The minimum absolute atomic E-state index is 0.141. The molecule has 2 aromatic rings. The van der Waals surface area contributed by atoms with Crippen molar-refractivity contribution in [1.29, 1.82) is 0 Å². The quantitative estimate of drug-likeness (QED) is 0.682. The van der Waals surface area contributed by atoms with Crippen molar-refractivity contribution in [2.24, 2.45) is 5.73 Å². The van der Waals surface area contributed by atoms with Gasteiger partial charge in [-0.15, -0.1) is 10.2 Å². The minimum Gasteiger partial charge on any atom is -0.476 e. The number of halogens is 3. The zero-order chi connectivity index (χ0) is 23.9. The smallest absolute Gasteiger partial charge is 0.417 e. The van der Waals surface area contributed by atoms with Gasteiger partial charge in [0.15, 0.2) is 0 Å². The Labute approximate surface area is 185 Å². The van der Waals surface area contributed by atoms with Gasteiger partial charge in [0.2, 0.25) is 16.0 Å². The predicted molar refractivity (Wildman–Crippen MR) is 111 cm³/mol. The molecule has 1 fully saturated rings. The van der Waals surface area contributed by atoms with Crippen molar-refractivity contribution in [2.75, 3.05) is 31.1 Å². The Morgan fingerprint density at radius 1 is 1.12 bits per heavy atom. The molecule has 1 aliphatic rings. The summed E-state index contributed by atoms with van der Waals surface area (Å²) in [6, 6.07) is 4.69. The molecule has 0 unspecified atom stereocenters. The SMILES string of the molecule is CCCC(N)=O.O=C(O)c1nnc(N2CCN(C(=O)c3ccccc3C(F)(F)F)CC2)s1. The summed E-state index contributed by atoms with van der Waals surface area (Å²) in [5.41, 5.74) is 3.43. The molecule has 1 aliphatic heterocycles. The molecule has 0 aliphatic carbocycles. The molecular formula is C19H22F3N5O4S. The molecule has 1 aromatic carbocycles. The lowest BCUT2D eigenvalue weighted by atomic mass is 10.1. The van der Waals surface area contributed by atoms with Gasteiger partial charge in [-0.1, -0.05) is 30.4 Å². The standard InChI is InChI=1S/C15H13F3N4O3S.C4H9NO/c16-15(17,18)10-4-2-1-3-9(10)12(23)21-5-7-22(8-6-21)14-20-19-11(26-14)13(24)25;1-2-3-4(5)6/h1-4H,5-8H2,(H,24,25);2-3H2,1H3,(H2,5,6). The number of benzene rings is 1. The first-order chi connectivity index (χ1) is 15.0. The van der Waals surface area contributed by atoms with Gasteiger partial charge in [0.25, 0.3) is 5.91 Å². The Bertz CT molecular complexity index is 958. The number of nitrogens with two attached hydrogens (primary N) is 1.